The van der Waals surface area contributed by atoms with Gasteiger partial charge in [-0.2, -0.15) is 0 Å². The van der Waals surface area contributed by atoms with Crippen LogP contribution in [0.4, 0.5) is 0 Å². The van der Waals surface area contributed by atoms with Crippen molar-refractivity contribution in [3.05, 3.63) is 0 Å². The van der Waals surface area contributed by atoms with Gasteiger partial charge in [-0.25, -0.2) is 4.79 Å². The van der Waals surface area contributed by atoms with Gasteiger partial charge in [0.1, 0.15) is 5.60 Å². The van der Waals surface area contributed by atoms with Gasteiger partial charge in [0.15, 0.2) is 5.78 Å². The molecular weight excluding hydrogens is 210 g/mol. The Morgan fingerprint density at radius 1 is 1.25 bits per heavy atom. The first kappa shape index (κ1) is 15.1. The minimum absolute atomic E-state index is 0.607. The Bertz CT molecular complexity index is 278. The Morgan fingerprint density at radius 2 is 1.69 bits per heavy atom. The van der Waals surface area contributed by atoms with E-state index in [2.05, 4.69) is 5.32 Å². The SMILES string of the molecule is CN[C@@H](C)C(=O)C(C)(O)C(=O)OC(C)(C)C. The predicted octanol–water partition coefficient (Wildman–Crippen LogP) is 0.256. The van der Waals surface area contributed by atoms with E-state index in [1.54, 1.807) is 34.7 Å². The zero-order valence-corrected chi connectivity index (χ0v) is 10.7. The van der Waals surface area contributed by atoms with E-state index in [0.29, 0.717) is 0 Å². The second kappa shape index (κ2) is 4.93. The van der Waals surface area contributed by atoms with E-state index in [-0.39, 0.29) is 0 Å². The van der Waals surface area contributed by atoms with Gasteiger partial charge >= 0.3 is 5.97 Å². The molecule has 1 unspecified atom stereocenters. The Kier molecular flexibility index (Phi) is 4.64. The van der Waals surface area contributed by atoms with Crippen LogP contribution in [0.15, 0.2) is 0 Å². The third kappa shape index (κ3) is 3.90. The molecule has 0 aromatic heterocycles. The molecule has 94 valence electrons. The van der Waals surface area contributed by atoms with Crippen LogP contribution in [0, 0.1) is 0 Å². The lowest BCUT2D eigenvalue weighted by Gasteiger charge is -2.28. The number of nitrogens with one attached hydrogen (secondary N) is 1. The maximum absolute atomic E-state index is 11.7. The summed E-state index contributed by atoms with van der Waals surface area (Å²) in [4.78, 5) is 23.3. The molecule has 0 spiro atoms. The number of esters is 1. The number of hydrogen-bond donors (Lipinski definition) is 2. The summed E-state index contributed by atoms with van der Waals surface area (Å²) in [5.74, 6) is -1.53. The lowest BCUT2D eigenvalue weighted by molar-refractivity contribution is -0.178. The van der Waals surface area contributed by atoms with Crippen LogP contribution < -0.4 is 5.32 Å². The van der Waals surface area contributed by atoms with Crippen LogP contribution in [0.25, 0.3) is 0 Å². The first-order valence-electron chi connectivity index (χ1n) is 5.19. The van der Waals surface area contributed by atoms with E-state index in [0.717, 1.165) is 6.92 Å². The molecule has 0 fully saturated rings. The molecule has 0 aliphatic heterocycles. The van der Waals surface area contributed by atoms with Gasteiger partial charge < -0.3 is 15.2 Å². The lowest BCUT2D eigenvalue weighted by atomic mass is 9.95. The molecule has 0 saturated heterocycles. The molecule has 2 atom stereocenters. The highest BCUT2D eigenvalue weighted by atomic mass is 16.6. The third-order valence-corrected chi connectivity index (χ3v) is 2.10. The van der Waals surface area contributed by atoms with Gasteiger partial charge in [0.25, 0.3) is 0 Å². The van der Waals surface area contributed by atoms with Crippen LogP contribution >= 0.6 is 0 Å². The number of carbonyl (C=O) groups excluding carboxylic acids is 2. The predicted molar refractivity (Wildman–Crippen MR) is 60.0 cm³/mol. The first-order valence-corrected chi connectivity index (χ1v) is 5.19. The molecule has 16 heavy (non-hydrogen) atoms. The number of hydrogen-bond acceptors (Lipinski definition) is 5. The van der Waals surface area contributed by atoms with Gasteiger partial charge in [0.05, 0.1) is 6.04 Å². The van der Waals surface area contributed by atoms with Crippen LogP contribution in [0.5, 0.6) is 0 Å². The average molecular weight is 231 g/mol. The fourth-order valence-corrected chi connectivity index (χ4v) is 1.03. The molecular formula is C11H21NO4. The quantitative estimate of drug-likeness (QED) is 0.536. The molecule has 0 bridgehead atoms. The molecule has 0 saturated carbocycles. The lowest BCUT2D eigenvalue weighted by Crippen LogP contribution is -2.53. The summed E-state index contributed by atoms with van der Waals surface area (Å²) < 4.78 is 4.98. The minimum Gasteiger partial charge on any atom is -0.457 e. The summed E-state index contributed by atoms with van der Waals surface area (Å²) in [6.45, 7) is 7.74. The van der Waals surface area contributed by atoms with Crippen molar-refractivity contribution >= 4 is 11.8 Å². The zero-order chi connectivity index (χ0) is 13.1. The third-order valence-electron chi connectivity index (χ3n) is 2.10. The smallest absolute Gasteiger partial charge is 0.346 e. The van der Waals surface area contributed by atoms with Crippen molar-refractivity contribution in [3.8, 4) is 0 Å². The van der Waals surface area contributed by atoms with Gasteiger partial charge in [-0.05, 0) is 41.7 Å². The van der Waals surface area contributed by atoms with E-state index in [1.807, 2.05) is 0 Å². The second-order valence-corrected chi connectivity index (χ2v) is 4.95. The van der Waals surface area contributed by atoms with E-state index in [1.165, 1.54) is 0 Å². The monoisotopic (exact) mass is 231 g/mol. The van der Waals surface area contributed by atoms with Gasteiger partial charge in [0, 0.05) is 0 Å². The number of ether oxygens (including phenoxy) is 1. The highest BCUT2D eigenvalue weighted by Crippen LogP contribution is 2.16. The van der Waals surface area contributed by atoms with Crippen LogP contribution in [0.3, 0.4) is 0 Å². The maximum atomic E-state index is 11.7. The first-order chi connectivity index (χ1) is 7.02. The molecule has 0 amide bonds. The fraction of sp³-hybridized carbons (Fsp3) is 0.818. The van der Waals surface area contributed by atoms with Crippen LogP contribution in [-0.2, 0) is 14.3 Å². The molecule has 0 heterocycles. The summed E-state index contributed by atoms with van der Waals surface area (Å²) >= 11 is 0. The van der Waals surface area contributed by atoms with Gasteiger partial charge in [-0.1, -0.05) is 0 Å². The Morgan fingerprint density at radius 3 is 2.00 bits per heavy atom. The van der Waals surface area contributed by atoms with Crippen molar-refractivity contribution in [1.82, 2.24) is 5.32 Å². The molecule has 2 N–H and O–H groups in total. The minimum atomic E-state index is -2.12. The van der Waals surface area contributed by atoms with Gasteiger partial charge in [-0.15, -0.1) is 0 Å². The van der Waals surface area contributed by atoms with Crippen LogP contribution in [0.1, 0.15) is 34.6 Å². The number of carbonyl (C=O) groups is 2. The summed E-state index contributed by atoms with van der Waals surface area (Å²) in [5, 5.41) is 12.5. The van der Waals surface area contributed by atoms with E-state index < -0.39 is 29.0 Å². The molecule has 0 radical (unpaired) electrons. The molecule has 0 aromatic carbocycles. The maximum Gasteiger partial charge on any atom is 0.346 e. The number of likely N-dealkylation sites (N-methyl/N-ethyl adjacent to an activating group) is 1. The van der Waals surface area contributed by atoms with E-state index in [9.17, 15) is 14.7 Å². The highest BCUT2D eigenvalue weighted by Gasteiger charge is 2.43. The Balaban J connectivity index is 4.79. The van der Waals surface area contributed by atoms with Crippen molar-refractivity contribution < 1.29 is 19.4 Å². The average Bonchev–Trinajstić information content (AvgIpc) is 2.12. The summed E-state index contributed by atoms with van der Waals surface area (Å²) in [6.07, 6.45) is 0. The standard InChI is InChI=1S/C11H21NO4/c1-7(12-6)8(13)11(5,15)9(14)16-10(2,3)4/h7,12,15H,1-6H3/t7-,11?/m0/s1. The number of ketones is 1. The van der Waals surface area contributed by atoms with Crippen LogP contribution in [0.2, 0.25) is 0 Å². The van der Waals surface area contributed by atoms with Crippen LogP contribution in [-0.4, -0.2) is 41.2 Å². The largest absolute Gasteiger partial charge is 0.457 e. The molecule has 5 nitrogen and oxygen atoms in total. The molecule has 0 aliphatic rings. The second-order valence-electron chi connectivity index (χ2n) is 4.95. The van der Waals surface area contributed by atoms with Crippen molar-refractivity contribution in [3.63, 3.8) is 0 Å². The van der Waals surface area contributed by atoms with Gasteiger partial charge in [0.2, 0.25) is 5.60 Å². The topological polar surface area (TPSA) is 75.6 Å². The normalized spacial score (nSPS) is 17.4. The zero-order valence-electron chi connectivity index (χ0n) is 10.7. The van der Waals surface area contributed by atoms with Crippen molar-refractivity contribution in [2.45, 2.75) is 51.9 Å². The number of Topliss-reactive ketones (excluding diaryl/α,β-unsaturated/α-hetero) is 1. The van der Waals surface area contributed by atoms with E-state index >= 15 is 0 Å². The summed E-state index contributed by atoms with van der Waals surface area (Å²) in [6, 6.07) is -0.609. The molecule has 0 aromatic rings. The van der Waals surface area contributed by atoms with E-state index in [4.69, 9.17) is 4.74 Å². The molecule has 5 heteroatoms. The summed E-state index contributed by atoms with van der Waals surface area (Å²) in [7, 11) is 1.58. The fourth-order valence-electron chi connectivity index (χ4n) is 1.03. The molecule has 0 aliphatic carbocycles. The molecule has 0 rings (SSSR count). The number of aliphatic hydroxyl groups is 1. The van der Waals surface area contributed by atoms with Crippen molar-refractivity contribution in [1.29, 1.82) is 0 Å². The number of rotatable bonds is 4. The Labute approximate surface area is 96.2 Å². The van der Waals surface area contributed by atoms with Gasteiger partial charge in [-0.3, -0.25) is 4.79 Å². The van der Waals surface area contributed by atoms with Crippen molar-refractivity contribution in [2.24, 2.45) is 0 Å². The highest BCUT2D eigenvalue weighted by molar-refractivity contribution is 6.08. The van der Waals surface area contributed by atoms with Crippen molar-refractivity contribution in [2.75, 3.05) is 7.05 Å². The Hall–Kier alpha value is -0.940. The summed E-state index contributed by atoms with van der Waals surface area (Å²) in [5.41, 5.74) is -2.85.